The third-order valence-electron chi connectivity index (χ3n) is 2.52. The Labute approximate surface area is 125 Å². The molecule has 1 heterocycles. The van der Waals surface area contributed by atoms with Gasteiger partial charge in [0.15, 0.2) is 5.82 Å². The van der Waals surface area contributed by atoms with Gasteiger partial charge in [0.2, 0.25) is 0 Å². The van der Waals surface area contributed by atoms with Gasteiger partial charge in [-0.3, -0.25) is 4.72 Å². The van der Waals surface area contributed by atoms with E-state index in [9.17, 15) is 13.2 Å². The van der Waals surface area contributed by atoms with Crippen LogP contribution in [0.4, 0.5) is 11.5 Å². The van der Waals surface area contributed by atoms with Crippen LogP contribution in [0.5, 0.6) is 0 Å². The summed E-state index contributed by atoms with van der Waals surface area (Å²) in [7, 11) is -4.19. The van der Waals surface area contributed by atoms with E-state index in [1.54, 1.807) is 0 Å². The Balaban J connectivity index is 2.52. The van der Waals surface area contributed by atoms with Gasteiger partial charge in [-0.25, -0.2) is 18.2 Å². The third-order valence-corrected chi connectivity index (χ3v) is 4.20. The molecule has 2 aromatic rings. The Hall–Kier alpha value is -2.32. The lowest BCUT2D eigenvalue weighted by Gasteiger charge is -2.11. The first-order valence-electron chi connectivity index (χ1n) is 5.57. The summed E-state index contributed by atoms with van der Waals surface area (Å²) in [5.41, 5.74) is 5.24. The number of nitrogen functional groups attached to an aromatic ring is 1. The fourth-order valence-corrected chi connectivity index (χ4v) is 3.07. The highest BCUT2D eigenvalue weighted by atomic mass is 35.5. The molecule has 0 aliphatic heterocycles. The number of hydrogen-bond acceptors (Lipinski definition) is 5. The second kappa shape index (κ2) is 5.58. The quantitative estimate of drug-likeness (QED) is 0.736. The van der Waals surface area contributed by atoms with Crippen LogP contribution in [0.2, 0.25) is 5.02 Å². The van der Waals surface area contributed by atoms with Gasteiger partial charge in [0.25, 0.3) is 10.0 Å². The fraction of sp³-hybridized carbons (Fsp3) is 0. The Morgan fingerprint density at radius 2 is 2.05 bits per heavy atom. The predicted molar refractivity (Wildman–Crippen MR) is 77.9 cm³/mol. The zero-order valence-corrected chi connectivity index (χ0v) is 12.0. The summed E-state index contributed by atoms with van der Waals surface area (Å²) in [6.45, 7) is 0. The van der Waals surface area contributed by atoms with E-state index in [1.165, 1.54) is 24.4 Å². The lowest BCUT2D eigenvalue weighted by atomic mass is 10.2. The molecule has 9 heteroatoms. The average molecular weight is 328 g/mol. The summed E-state index contributed by atoms with van der Waals surface area (Å²) in [6.07, 6.45) is 1.35. The van der Waals surface area contributed by atoms with E-state index in [0.717, 1.165) is 12.1 Å². The monoisotopic (exact) mass is 327 g/mol. The van der Waals surface area contributed by atoms with Crippen LogP contribution in [0, 0.1) is 0 Å². The topological polar surface area (TPSA) is 122 Å². The second-order valence-corrected chi connectivity index (χ2v) is 6.06. The number of halogens is 1. The molecule has 0 atom stereocenters. The van der Waals surface area contributed by atoms with Crippen LogP contribution in [0.15, 0.2) is 41.4 Å². The Bertz CT molecular complexity index is 808. The number of sulfonamides is 1. The first kappa shape index (κ1) is 15.1. The zero-order chi connectivity index (χ0) is 15.6. The van der Waals surface area contributed by atoms with Crippen LogP contribution in [-0.2, 0) is 10.0 Å². The number of pyridine rings is 1. The number of nitrogens with two attached hydrogens (primary N) is 1. The van der Waals surface area contributed by atoms with Crippen molar-refractivity contribution >= 4 is 39.1 Å². The molecule has 1 aromatic heterocycles. The maximum absolute atomic E-state index is 12.3. The standard InChI is InChI=1S/C12H10ClN3O4S/c13-9-2-1-5-15-11(9)16-21(19,20)10-6-7(14)3-4-8(10)12(17)18/h1-6H,14H2,(H,15,16)(H,17,18). The van der Waals surface area contributed by atoms with Gasteiger partial charge < -0.3 is 10.8 Å². The van der Waals surface area contributed by atoms with Crippen LogP contribution in [0.1, 0.15) is 10.4 Å². The van der Waals surface area contributed by atoms with Crippen LogP contribution >= 0.6 is 11.6 Å². The predicted octanol–water partition coefficient (Wildman–Crippen LogP) is 1.82. The van der Waals surface area contributed by atoms with Gasteiger partial charge in [0.05, 0.1) is 10.6 Å². The van der Waals surface area contributed by atoms with E-state index >= 15 is 0 Å². The molecule has 0 unspecified atom stereocenters. The number of aromatic nitrogens is 1. The van der Waals surface area contributed by atoms with Crippen molar-refractivity contribution < 1.29 is 18.3 Å². The first-order chi connectivity index (χ1) is 9.81. The molecule has 110 valence electrons. The number of rotatable bonds is 4. The molecular formula is C12H10ClN3O4S. The van der Waals surface area contributed by atoms with Crippen molar-refractivity contribution in [3.8, 4) is 0 Å². The number of hydrogen-bond donors (Lipinski definition) is 3. The maximum Gasteiger partial charge on any atom is 0.337 e. The fourth-order valence-electron chi connectivity index (χ4n) is 1.58. The van der Waals surface area contributed by atoms with Crippen LogP contribution in [0.25, 0.3) is 0 Å². The summed E-state index contributed by atoms with van der Waals surface area (Å²) in [5, 5.41) is 9.15. The Kier molecular flexibility index (Phi) is 4.01. The molecule has 0 saturated heterocycles. The maximum atomic E-state index is 12.3. The Morgan fingerprint density at radius 3 is 2.67 bits per heavy atom. The molecule has 0 bridgehead atoms. The van der Waals surface area contributed by atoms with Crippen LogP contribution in [-0.4, -0.2) is 24.5 Å². The Morgan fingerprint density at radius 1 is 1.33 bits per heavy atom. The molecule has 0 amide bonds. The highest BCUT2D eigenvalue weighted by Gasteiger charge is 2.23. The van der Waals surface area contributed by atoms with Gasteiger partial charge in [-0.15, -0.1) is 0 Å². The van der Waals surface area contributed by atoms with E-state index in [2.05, 4.69) is 9.71 Å². The lowest BCUT2D eigenvalue weighted by Crippen LogP contribution is -2.18. The molecule has 21 heavy (non-hydrogen) atoms. The number of benzene rings is 1. The number of carbonyl (C=O) groups is 1. The summed E-state index contributed by atoms with van der Waals surface area (Å²) in [4.78, 5) is 14.4. The average Bonchev–Trinajstić information content (AvgIpc) is 2.41. The molecular weight excluding hydrogens is 318 g/mol. The second-order valence-electron chi connectivity index (χ2n) is 4.00. The van der Waals surface area contributed by atoms with Gasteiger partial charge in [0, 0.05) is 11.9 Å². The largest absolute Gasteiger partial charge is 0.478 e. The highest BCUT2D eigenvalue weighted by Crippen LogP contribution is 2.24. The van der Waals surface area contributed by atoms with Crippen molar-refractivity contribution in [3.63, 3.8) is 0 Å². The minimum Gasteiger partial charge on any atom is -0.478 e. The minimum atomic E-state index is -4.19. The van der Waals surface area contributed by atoms with Crippen molar-refractivity contribution in [2.24, 2.45) is 0 Å². The number of nitrogens with zero attached hydrogens (tertiary/aromatic N) is 1. The molecule has 4 N–H and O–H groups in total. The van der Waals surface area contributed by atoms with Crippen molar-refractivity contribution in [2.75, 3.05) is 10.5 Å². The summed E-state index contributed by atoms with van der Waals surface area (Å²) in [6, 6.07) is 6.46. The van der Waals surface area contributed by atoms with E-state index in [1.807, 2.05) is 0 Å². The highest BCUT2D eigenvalue weighted by molar-refractivity contribution is 7.92. The number of nitrogens with one attached hydrogen (secondary N) is 1. The lowest BCUT2D eigenvalue weighted by molar-refractivity contribution is 0.0692. The summed E-state index contributed by atoms with van der Waals surface area (Å²) in [5.74, 6) is -1.49. The van der Waals surface area contributed by atoms with Gasteiger partial charge in [-0.1, -0.05) is 11.6 Å². The van der Waals surface area contributed by atoms with Gasteiger partial charge in [0.1, 0.15) is 4.90 Å². The van der Waals surface area contributed by atoms with Gasteiger partial charge in [-0.2, -0.15) is 0 Å². The van der Waals surface area contributed by atoms with Crippen molar-refractivity contribution in [3.05, 3.63) is 47.1 Å². The number of carboxylic acids is 1. The minimum absolute atomic E-state index is 0.0850. The van der Waals surface area contributed by atoms with E-state index in [-0.39, 0.29) is 16.5 Å². The summed E-state index contributed by atoms with van der Waals surface area (Å²) < 4.78 is 26.7. The summed E-state index contributed by atoms with van der Waals surface area (Å²) >= 11 is 5.82. The molecule has 0 radical (unpaired) electrons. The molecule has 0 aliphatic rings. The van der Waals surface area contributed by atoms with E-state index in [4.69, 9.17) is 22.4 Å². The van der Waals surface area contributed by atoms with Crippen molar-refractivity contribution in [1.82, 2.24) is 4.98 Å². The van der Waals surface area contributed by atoms with E-state index < -0.39 is 26.5 Å². The number of carboxylic acid groups (broad SMARTS) is 1. The van der Waals surface area contributed by atoms with Crippen molar-refractivity contribution in [2.45, 2.75) is 4.90 Å². The normalized spacial score (nSPS) is 11.1. The molecule has 7 nitrogen and oxygen atoms in total. The first-order valence-corrected chi connectivity index (χ1v) is 7.43. The SMILES string of the molecule is Nc1ccc(C(=O)O)c(S(=O)(=O)Nc2ncccc2Cl)c1. The van der Waals surface area contributed by atoms with E-state index in [0.29, 0.717) is 0 Å². The molecule has 0 saturated carbocycles. The zero-order valence-electron chi connectivity index (χ0n) is 10.4. The molecule has 1 aromatic carbocycles. The molecule has 0 aliphatic carbocycles. The third kappa shape index (κ3) is 3.23. The van der Waals surface area contributed by atoms with Crippen LogP contribution in [0.3, 0.4) is 0 Å². The number of aromatic carboxylic acids is 1. The smallest absolute Gasteiger partial charge is 0.337 e. The van der Waals surface area contributed by atoms with Crippen molar-refractivity contribution in [1.29, 1.82) is 0 Å². The molecule has 0 fully saturated rings. The van der Waals surface area contributed by atoms with Crippen LogP contribution < -0.4 is 10.5 Å². The number of anilines is 2. The molecule has 2 rings (SSSR count). The molecule has 0 spiro atoms. The van der Waals surface area contributed by atoms with Gasteiger partial charge >= 0.3 is 5.97 Å². The van der Waals surface area contributed by atoms with Gasteiger partial charge in [-0.05, 0) is 30.3 Å².